The highest BCUT2D eigenvalue weighted by molar-refractivity contribution is 6.00. The van der Waals surface area contributed by atoms with Crippen LogP contribution in [0.5, 0.6) is 11.5 Å². The molecule has 0 saturated carbocycles. The molecule has 4 heteroatoms. The van der Waals surface area contributed by atoms with E-state index in [0.29, 0.717) is 13.2 Å². The molecule has 0 aliphatic heterocycles. The first-order chi connectivity index (χ1) is 13.8. The summed E-state index contributed by atoms with van der Waals surface area (Å²) in [5.74, 6) is 1.63. The number of ether oxygens (including phenoxy) is 2. The molecule has 0 bridgehead atoms. The third kappa shape index (κ3) is 5.36. The largest absolute Gasteiger partial charge is 0.497 e. The fraction of sp³-hybridized carbons (Fsp3) is 0.208. The summed E-state index contributed by atoms with van der Waals surface area (Å²) < 4.78 is 10.9. The molecule has 4 nitrogen and oxygen atoms in total. The quantitative estimate of drug-likeness (QED) is 0.287. The Bertz CT molecular complexity index is 889. The van der Waals surface area contributed by atoms with Crippen molar-refractivity contribution >= 4 is 5.71 Å². The molecule has 0 aromatic heterocycles. The average Bonchev–Trinajstić information content (AvgIpc) is 2.77. The molecule has 3 aromatic rings. The zero-order chi connectivity index (χ0) is 19.6. The van der Waals surface area contributed by atoms with E-state index in [-0.39, 0.29) is 0 Å². The van der Waals surface area contributed by atoms with E-state index in [9.17, 15) is 0 Å². The van der Waals surface area contributed by atoms with Gasteiger partial charge in [0.1, 0.15) is 18.1 Å². The first kappa shape index (κ1) is 19.5. The van der Waals surface area contributed by atoms with E-state index < -0.39 is 0 Å². The predicted octanol–water partition coefficient (Wildman–Crippen LogP) is 5.37. The highest BCUT2D eigenvalue weighted by Gasteiger charge is 2.05. The Morgan fingerprint density at radius 1 is 0.929 bits per heavy atom. The second kappa shape index (κ2) is 10.2. The van der Waals surface area contributed by atoms with Gasteiger partial charge in [0, 0.05) is 0 Å². The summed E-state index contributed by atoms with van der Waals surface area (Å²) in [6.07, 6.45) is 0.785. The lowest BCUT2D eigenvalue weighted by Crippen LogP contribution is -2.06. The summed E-state index contributed by atoms with van der Waals surface area (Å²) in [6.45, 7) is 2.89. The van der Waals surface area contributed by atoms with Crippen LogP contribution in [0.25, 0.3) is 11.1 Å². The molecule has 0 unspecified atom stereocenters. The Morgan fingerprint density at radius 2 is 1.75 bits per heavy atom. The Kier molecular flexibility index (Phi) is 7.08. The smallest absolute Gasteiger partial charge is 0.151 e. The Balaban J connectivity index is 1.58. The van der Waals surface area contributed by atoms with Gasteiger partial charge >= 0.3 is 0 Å². The fourth-order valence-electron chi connectivity index (χ4n) is 2.77. The zero-order valence-corrected chi connectivity index (χ0v) is 16.2. The van der Waals surface area contributed by atoms with E-state index >= 15 is 0 Å². The van der Waals surface area contributed by atoms with Crippen molar-refractivity contribution in [1.82, 2.24) is 0 Å². The maximum absolute atomic E-state index is 5.58. The van der Waals surface area contributed by atoms with Crippen LogP contribution < -0.4 is 9.47 Å². The number of methoxy groups -OCH3 is 1. The Labute approximate surface area is 166 Å². The van der Waals surface area contributed by atoms with Gasteiger partial charge in [0.25, 0.3) is 0 Å². The van der Waals surface area contributed by atoms with Crippen LogP contribution >= 0.6 is 0 Å². The van der Waals surface area contributed by atoms with Gasteiger partial charge in [-0.1, -0.05) is 60.6 Å². The van der Waals surface area contributed by atoms with Crippen LogP contribution in [-0.4, -0.2) is 26.0 Å². The lowest BCUT2D eigenvalue weighted by atomic mass is 10.0. The molecule has 0 aliphatic rings. The average molecular weight is 374 g/mol. The van der Waals surface area contributed by atoms with Gasteiger partial charge in [0.2, 0.25) is 0 Å². The number of hydrogen-bond donors (Lipinski definition) is 0. The van der Waals surface area contributed by atoms with E-state index in [4.69, 9.17) is 14.3 Å². The van der Waals surface area contributed by atoms with Crippen molar-refractivity contribution in [1.29, 1.82) is 0 Å². The molecule has 0 heterocycles. The van der Waals surface area contributed by atoms with Crippen LogP contribution in [0.15, 0.2) is 78.0 Å². The molecular formula is C24H24NO3. The van der Waals surface area contributed by atoms with E-state index in [0.717, 1.165) is 40.3 Å². The summed E-state index contributed by atoms with van der Waals surface area (Å²) in [5, 5.41) is 4.28. The van der Waals surface area contributed by atoms with Crippen molar-refractivity contribution in [2.45, 2.75) is 13.3 Å². The molecule has 28 heavy (non-hydrogen) atoms. The van der Waals surface area contributed by atoms with Crippen LogP contribution in [0.2, 0.25) is 0 Å². The predicted molar refractivity (Wildman–Crippen MR) is 112 cm³/mol. The number of benzene rings is 3. The van der Waals surface area contributed by atoms with Gasteiger partial charge in [-0.15, -0.1) is 0 Å². The molecule has 143 valence electrons. The van der Waals surface area contributed by atoms with E-state index in [1.165, 1.54) is 0 Å². The van der Waals surface area contributed by atoms with Crippen molar-refractivity contribution < 1.29 is 14.3 Å². The molecule has 0 atom stereocenters. The van der Waals surface area contributed by atoms with Gasteiger partial charge in [0.15, 0.2) is 6.61 Å². The van der Waals surface area contributed by atoms with Crippen LogP contribution in [0, 0.1) is 6.07 Å². The first-order valence-corrected chi connectivity index (χ1v) is 9.32. The molecule has 0 aliphatic carbocycles. The van der Waals surface area contributed by atoms with Gasteiger partial charge in [-0.2, -0.15) is 0 Å². The Morgan fingerprint density at radius 3 is 2.46 bits per heavy atom. The van der Waals surface area contributed by atoms with Crippen molar-refractivity contribution in [2.75, 3.05) is 20.3 Å². The molecule has 0 spiro atoms. The normalized spacial score (nSPS) is 11.1. The van der Waals surface area contributed by atoms with Crippen LogP contribution in [0.4, 0.5) is 0 Å². The maximum atomic E-state index is 5.58. The minimum absolute atomic E-state index is 0.389. The first-order valence-electron chi connectivity index (χ1n) is 9.32. The minimum atomic E-state index is 0.389. The lowest BCUT2D eigenvalue weighted by molar-refractivity contribution is 0.107. The molecule has 3 rings (SSSR count). The molecule has 0 fully saturated rings. The summed E-state index contributed by atoms with van der Waals surface area (Å²) in [6, 6.07) is 26.7. The van der Waals surface area contributed by atoms with Crippen LogP contribution in [-0.2, 0) is 4.84 Å². The summed E-state index contributed by atoms with van der Waals surface area (Å²) in [7, 11) is 1.68. The van der Waals surface area contributed by atoms with E-state index in [2.05, 4.69) is 48.5 Å². The molecule has 0 N–H and O–H groups in total. The van der Waals surface area contributed by atoms with Crippen molar-refractivity contribution in [2.24, 2.45) is 5.16 Å². The number of rotatable bonds is 9. The van der Waals surface area contributed by atoms with E-state index in [1.54, 1.807) is 13.2 Å². The topological polar surface area (TPSA) is 40.0 Å². The summed E-state index contributed by atoms with van der Waals surface area (Å²) in [4.78, 5) is 5.44. The summed E-state index contributed by atoms with van der Waals surface area (Å²) >= 11 is 0. The zero-order valence-electron chi connectivity index (χ0n) is 16.2. The van der Waals surface area contributed by atoms with Gasteiger partial charge < -0.3 is 14.3 Å². The molecular weight excluding hydrogens is 350 g/mol. The second-order valence-electron chi connectivity index (χ2n) is 6.12. The molecule has 0 saturated heterocycles. The highest BCUT2D eigenvalue weighted by atomic mass is 16.6. The van der Waals surface area contributed by atoms with Crippen LogP contribution in [0.1, 0.15) is 18.9 Å². The van der Waals surface area contributed by atoms with Gasteiger partial charge in [-0.05, 0) is 53.4 Å². The van der Waals surface area contributed by atoms with Crippen LogP contribution in [0.3, 0.4) is 0 Å². The Hall–Kier alpha value is -3.27. The third-order valence-electron chi connectivity index (χ3n) is 4.25. The number of hydrogen-bond acceptors (Lipinski definition) is 4. The summed E-state index contributed by atoms with van der Waals surface area (Å²) in [5.41, 5.74) is 4.21. The maximum Gasteiger partial charge on any atom is 0.151 e. The standard InChI is InChI=1S/C24H24NO3/c1-3-24(25-28-17-16-27-22-9-5-4-6-10-22)20-14-12-19(13-15-20)21-8-7-11-23(18-21)26-2/h4-5,7-15,18H,3,16-17H2,1-2H3/b25-24+. The fourth-order valence-corrected chi connectivity index (χ4v) is 2.77. The third-order valence-corrected chi connectivity index (χ3v) is 4.25. The molecule has 3 aromatic carbocycles. The number of nitrogens with zero attached hydrogens (tertiary/aromatic N) is 1. The molecule has 0 amide bonds. The monoisotopic (exact) mass is 374 g/mol. The molecule has 1 radical (unpaired) electrons. The second-order valence-corrected chi connectivity index (χ2v) is 6.12. The lowest BCUT2D eigenvalue weighted by Gasteiger charge is -2.08. The van der Waals surface area contributed by atoms with Gasteiger partial charge in [-0.25, -0.2) is 0 Å². The van der Waals surface area contributed by atoms with Crippen molar-refractivity contribution in [3.05, 3.63) is 84.4 Å². The van der Waals surface area contributed by atoms with Crippen molar-refractivity contribution in [3.8, 4) is 22.6 Å². The van der Waals surface area contributed by atoms with E-state index in [1.807, 2.05) is 36.4 Å². The SMILES string of the molecule is CC/C(=N\OCCOc1c[c]ccc1)c1ccc(-c2cccc(OC)c2)cc1. The van der Waals surface area contributed by atoms with Gasteiger partial charge in [-0.3, -0.25) is 0 Å². The van der Waals surface area contributed by atoms with Crippen molar-refractivity contribution in [3.63, 3.8) is 0 Å². The highest BCUT2D eigenvalue weighted by Crippen LogP contribution is 2.24. The number of oxime groups is 1. The van der Waals surface area contributed by atoms with Gasteiger partial charge in [0.05, 0.1) is 12.8 Å². The minimum Gasteiger partial charge on any atom is -0.497 e.